The van der Waals surface area contributed by atoms with E-state index in [-0.39, 0.29) is 0 Å². The zero-order chi connectivity index (χ0) is 11.9. The van der Waals surface area contributed by atoms with Gasteiger partial charge in [0.1, 0.15) is 0 Å². The molecule has 16 heavy (non-hydrogen) atoms. The maximum absolute atomic E-state index is 5.76. The first-order chi connectivity index (χ1) is 7.73. The van der Waals surface area contributed by atoms with Crippen LogP contribution in [0.4, 0.5) is 0 Å². The van der Waals surface area contributed by atoms with Gasteiger partial charge in [0.15, 0.2) is 0 Å². The summed E-state index contributed by atoms with van der Waals surface area (Å²) in [6, 6.07) is 0.557. The van der Waals surface area contributed by atoms with Gasteiger partial charge in [0.25, 0.3) is 0 Å². The molecule has 0 saturated heterocycles. The molecule has 0 heterocycles. The van der Waals surface area contributed by atoms with Crippen LogP contribution >= 0.6 is 0 Å². The molecule has 2 heteroatoms. The standard InChI is InChI=1S/C14H29NO/c1-4-10-15-13(12-16-11-5-2)14(3)8-6-7-9-14/h13,15H,4-12H2,1-3H3. The van der Waals surface area contributed by atoms with E-state index in [0.717, 1.165) is 26.2 Å². The summed E-state index contributed by atoms with van der Waals surface area (Å²) >= 11 is 0. The number of hydrogen-bond donors (Lipinski definition) is 1. The van der Waals surface area contributed by atoms with E-state index in [2.05, 4.69) is 26.1 Å². The van der Waals surface area contributed by atoms with Gasteiger partial charge in [-0.25, -0.2) is 0 Å². The Kier molecular flexibility index (Phi) is 6.37. The highest BCUT2D eigenvalue weighted by Crippen LogP contribution is 2.40. The fraction of sp³-hybridized carbons (Fsp3) is 1.00. The molecule has 0 aromatic rings. The van der Waals surface area contributed by atoms with Gasteiger partial charge in [-0.2, -0.15) is 0 Å². The maximum atomic E-state index is 5.76. The van der Waals surface area contributed by atoms with Crippen LogP contribution in [0.15, 0.2) is 0 Å². The third kappa shape index (κ3) is 4.06. The monoisotopic (exact) mass is 227 g/mol. The number of nitrogens with one attached hydrogen (secondary N) is 1. The van der Waals surface area contributed by atoms with E-state index >= 15 is 0 Å². The summed E-state index contributed by atoms with van der Waals surface area (Å²) in [6.45, 7) is 9.75. The predicted molar refractivity (Wildman–Crippen MR) is 69.8 cm³/mol. The van der Waals surface area contributed by atoms with Crippen molar-refractivity contribution in [2.24, 2.45) is 5.41 Å². The average Bonchev–Trinajstić information content (AvgIpc) is 2.71. The van der Waals surface area contributed by atoms with E-state index in [9.17, 15) is 0 Å². The van der Waals surface area contributed by atoms with Crippen LogP contribution in [0.5, 0.6) is 0 Å². The van der Waals surface area contributed by atoms with Crippen LogP contribution in [0, 0.1) is 5.41 Å². The van der Waals surface area contributed by atoms with Crippen LogP contribution < -0.4 is 5.32 Å². The van der Waals surface area contributed by atoms with Crippen molar-refractivity contribution in [1.82, 2.24) is 5.32 Å². The smallest absolute Gasteiger partial charge is 0.0624 e. The molecule has 1 aliphatic rings. The van der Waals surface area contributed by atoms with Gasteiger partial charge in [0, 0.05) is 12.6 Å². The van der Waals surface area contributed by atoms with Crippen LogP contribution in [0.25, 0.3) is 0 Å². The van der Waals surface area contributed by atoms with Crippen molar-refractivity contribution < 1.29 is 4.74 Å². The molecule has 0 bridgehead atoms. The van der Waals surface area contributed by atoms with Crippen LogP contribution in [-0.2, 0) is 4.74 Å². The highest BCUT2D eigenvalue weighted by atomic mass is 16.5. The Labute approximate surface area is 101 Å². The van der Waals surface area contributed by atoms with E-state index < -0.39 is 0 Å². The molecule has 1 saturated carbocycles. The van der Waals surface area contributed by atoms with Crippen molar-refractivity contribution in [3.8, 4) is 0 Å². The third-order valence-electron chi connectivity index (χ3n) is 3.86. The molecular weight excluding hydrogens is 198 g/mol. The van der Waals surface area contributed by atoms with Gasteiger partial charge in [-0.1, -0.05) is 33.6 Å². The molecule has 1 rings (SSSR count). The normalized spacial score (nSPS) is 21.2. The van der Waals surface area contributed by atoms with Crippen LogP contribution in [0.1, 0.15) is 59.3 Å². The van der Waals surface area contributed by atoms with Gasteiger partial charge in [-0.05, 0) is 37.6 Å². The van der Waals surface area contributed by atoms with Crippen LogP contribution in [0.3, 0.4) is 0 Å². The minimum atomic E-state index is 0.475. The minimum Gasteiger partial charge on any atom is -0.380 e. The second-order valence-corrected chi connectivity index (χ2v) is 5.44. The lowest BCUT2D eigenvalue weighted by molar-refractivity contribution is 0.0654. The highest BCUT2D eigenvalue weighted by Gasteiger charge is 2.36. The average molecular weight is 227 g/mol. The lowest BCUT2D eigenvalue weighted by Crippen LogP contribution is -2.45. The van der Waals surface area contributed by atoms with E-state index in [0.29, 0.717) is 11.5 Å². The Balaban J connectivity index is 2.41. The van der Waals surface area contributed by atoms with Crippen molar-refractivity contribution in [2.45, 2.75) is 65.3 Å². The molecule has 0 spiro atoms. The predicted octanol–water partition coefficient (Wildman–Crippen LogP) is 3.36. The van der Waals surface area contributed by atoms with Crippen molar-refractivity contribution in [1.29, 1.82) is 0 Å². The molecule has 1 aliphatic carbocycles. The SMILES string of the molecule is CCCNC(COCCC)C1(C)CCCC1. The molecular formula is C14H29NO. The lowest BCUT2D eigenvalue weighted by Gasteiger charge is -2.34. The summed E-state index contributed by atoms with van der Waals surface area (Å²) in [5.74, 6) is 0. The molecule has 0 radical (unpaired) electrons. The van der Waals surface area contributed by atoms with E-state index in [1.807, 2.05) is 0 Å². The summed E-state index contributed by atoms with van der Waals surface area (Å²) in [6.07, 6.45) is 7.86. The Hall–Kier alpha value is -0.0800. The Morgan fingerprint density at radius 1 is 1.19 bits per heavy atom. The van der Waals surface area contributed by atoms with E-state index in [1.54, 1.807) is 0 Å². The van der Waals surface area contributed by atoms with Crippen LogP contribution in [0.2, 0.25) is 0 Å². The van der Waals surface area contributed by atoms with Gasteiger partial charge in [0.05, 0.1) is 6.61 Å². The second kappa shape index (κ2) is 7.29. The molecule has 1 N–H and O–H groups in total. The number of rotatable bonds is 8. The molecule has 96 valence electrons. The first-order valence-corrected chi connectivity index (χ1v) is 7.04. The summed E-state index contributed by atoms with van der Waals surface area (Å²) in [7, 11) is 0. The Morgan fingerprint density at radius 3 is 2.44 bits per heavy atom. The second-order valence-electron chi connectivity index (χ2n) is 5.44. The summed E-state index contributed by atoms with van der Waals surface area (Å²) in [5, 5.41) is 3.69. The zero-order valence-electron chi connectivity index (χ0n) is 11.3. The van der Waals surface area contributed by atoms with Crippen LogP contribution in [-0.4, -0.2) is 25.8 Å². The first-order valence-electron chi connectivity index (χ1n) is 7.04. The fourth-order valence-electron chi connectivity index (χ4n) is 2.70. The van der Waals surface area contributed by atoms with Gasteiger partial charge in [-0.3, -0.25) is 0 Å². The molecule has 0 aromatic carbocycles. The molecule has 2 nitrogen and oxygen atoms in total. The van der Waals surface area contributed by atoms with Crippen molar-refractivity contribution in [3.63, 3.8) is 0 Å². The molecule has 1 atom stereocenters. The number of hydrogen-bond acceptors (Lipinski definition) is 2. The Morgan fingerprint density at radius 2 is 1.88 bits per heavy atom. The van der Waals surface area contributed by atoms with Crippen molar-refractivity contribution >= 4 is 0 Å². The van der Waals surface area contributed by atoms with Crippen molar-refractivity contribution in [3.05, 3.63) is 0 Å². The molecule has 0 aromatic heterocycles. The van der Waals surface area contributed by atoms with Gasteiger partial charge in [-0.15, -0.1) is 0 Å². The fourth-order valence-corrected chi connectivity index (χ4v) is 2.70. The highest BCUT2D eigenvalue weighted by molar-refractivity contribution is 4.91. The van der Waals surface area contributed by atoms with E-state index in [4.69, 9.17) is 4.74 Å². The largest absolute Gasteiger partial charge is 0.380 e. The molecule has 0 amide bonds. The minimum absolute atomic E-state index is 0.475. The Bertz CT molecular complexity index is 176. The van der Waals surface area contributed by atoms with Gasteiger partial charge < -0.3 is 10.1 Å². The van der Waals surface area contributed by atoms with E-state index in [1.165, 1.54) is 32.1 Å². The molecule has 0 aliphatic heterocycles. The van der Waals surface area contributed by atoms with Crippen molar-refractivity contribution in [2.75, 3.05) is 19.8 Å². The van der Waals surface area contributed by atoms with Gasteiger partial charge in [0.2, 0.25) is 0 Å². The topological polar surface area (TPSA) is 21.3 Å². The summed E-state index contributed by atoms with van der Waals surface area (Å²) in [4.78, 5) is 0. The number of ether oxygens (including phenoxy) is 1. The summed E-state index contributed by atoms with van der Waals surface area (Å²) in [5.41, 5.74) is 0.475. The quantitative estimate of drug-likeness (QED) is 0.642. The maximum Gasteiger partial charge on any atom is 0.0624 e. The zero-order valence-corrected chi connectivity index (χ0v) is 11.3. The lowest BCUT2D eigenvalue weighted by atomic mass is 9.81. The van der Waals surface area contributed by atoms with Gasteiger partial charge >= 0.3 is 0 Å². The molecule has 1 unspecified atom stereocenters. The first kappa shape index (κ1) is 14.0. The molecule has 1 fully saturated rings. The third-order valence-corrected chi connectivity index (χ3v) is 3.86. The summed E-state index contributed by atoms with van der Waals surface area (Å²) < 4.78 is 5.76.